The van der Waals surface area contributed by atoms with Crippen molar-refractivity contribution in [2.45, 2.75) is 96.8 Å². The Morgan fingerprint density at radius 3 is 1.62 bits per heavy atom. The number of benzene rings is 4. The molecule has 252 valence electrons. The van der Waals surface area contributed by atoms with Crippen molar-refractivity contribution in [1.29, 1.82) is 0 Å². The molecule has 0 unspecified atom stereocenters. The molecule has 0 amide bonds. The van der Waals surface area contributed by atoms with E-state index in [1.807, 2.05) is 66.7 Å². The van der Waals surface area contributed by atoms with Crippen LogP contribution >= 0.6 is 0 Å². The first-order valence-electron chi connectivity index (χ1n) is 17.8. The lowest BCUT2D eigenvalue weighted by Crippen LogP contribution is -2.08. The minimum absolute atomic E-state index is 0.128. The number of hydrogen-bond acceptors (Lipinski definition) is 5. The number of anilines is 2. The molecule has 5 heteroatoms. The summed E-state index contributed by atoms with van der Waals surface area (Å²) >= 11 is 0. The number of carbonyl (C=O) groups is 2. The van der Waals surface area contributed by atoms with Crippen molar-refractivity contribution in [2.24, 2.45) is 0 Å². The molecule has 48 heavy (non-hydrogen) atoms. The van der Waals surface area contributed by atoms with E-state index in [9.17, 15) is 9.59 Å². The molecule has 4 rings (SSSR count). The van der Waals surface area contributed by atoms with Gasteiger partial charge in [-0.1, -0.05) is 94.7 Å². The zero-order chi connectivity index (χ0) is 34.0. The molecule has 0 radical (unpaired) electrons. The van der Waals surface area contributed by atoms with Crippen LogP contribution in [-0.2, 0) is 4.79 Å². The number of esters is 1. The normalized spacial score (nSPS) is 11.2. The van der Waals surface area contributed by atoms with Gasteiger partial charge in [-0.15, -0.1) is 0 Å². The van der Waals surface area contributed by atoms with Crippen molar-refractivity contribution in [3.05, 3.63) is 114 Å². The van der Waals surface area contributed by atoms with Gasteiger partial charge in [-0.3, -0.25) is 9.59 Å². The number of ether oxygens (including phenoxy) is 1. The summed E-state index contributed by atoms with van der Waals surface area (Å²) in [6.07, 6.45) is 20.9. The maximum atomic E-state index is 13.7. The third-order valence-electron chi connectivity index (χ3n) is 8.63. The number of nitrogens with two attached hydrogens (primary N) is 2. The first kappa shape index (κ1) is 36.2. The van der Waals surface area contributed by atoms with Crippen molar-refractivity contribution in [3.63, 3.8) is 0 Å². The molecule has 5 nitrogen and oxygen atoms in total. The Morgan fingerprint density at radius 2 is 1.08 bits per heavy atom. The van der Waals surface area contributed by atoms with Crippen molar-refractivity contribution in [2.75, 3.05) is 11.5 Å². The van der Waals surface area contributed by atoms with Crippen LogP contribution in [0.25, 0.3) is 22.3 Å². The van der Waals surface area contributed by atoms with E-state index in [2.05, 4.69) is 19.1 Å². The Kier molecular flexibility index (Phi) is 15.0. The highest BCUT2D eigenvalue weighted by atomic mass is 16.5. The average Bonchev–Trinajstić information content (AvgIpc) is 3.10. The summed E-state index contributed by atoms with van der Waals surface area (Å²) in [7, 11) is 0. The summed E-state index contributed by atoms with van der Waals surface area (Å²) in [5, 5.41) is 0. The fourth-order valence-corrected chi connectivity index (χ4v) is 5.89. The van der Waals surface area contributed by atoms with Crippen LogP contribution in [0.3, 0.4) is 0 Å². The van der Waals surface area contributed by atoms with Crippen LogP contribution in [0.2, 0.25) is 0 Å². The Hall–Kier alpha value is -4.64. The fourth-order valence-electron chi connectivity index (χ4n) is 5.89. The van der Waals surface area contributed by atoms with Crippen LogP contribution < -0.4 is 16.2 Å². The fraction of sp³-hybridized carbons (Fsp3) is 0.349. The standard InChI is InChI=1S/C43H52N2O3/c1-2-3-4-5-6-7-8-9-10-11-12-13-14-15-16-23-42(46)48-41-26-24-33(25-27-41)43(47)38-29-36(34-19-17-21-39(44)31-34)28-37(30-38)35-20-18-22-40(45)32-35/h9-10,17-22,24-32H,2-8,11-16,23,44-45H2,1H3/b10-9-. The van der Waals surface area contributed by atoms with Gasteiger partial charge >= 0.3 is 5.97 Å². The molecule has 0 saturated heterocycles. The van der Waals surface area contributed by atoms with Gasteiger partial charge in [0.1, 0.15) is 5.75 Å². The molecule has 0 spiro atoms. The largest absolute Gasteiger partial charge is 0.427 e. The summed E-state index contributed by atoms with van der Waals surface area (Å²) in [5.41, 5.74) is 18.1. The van der Waals surface area contributed by atoms with E-state index >= 15 is 0 Å². The maximum Gasteiger partial charge on any atom is 0.311 e. The molecule has 4 aromatic carbocycles. The van der Waals surface area contributed by atoms with Gasteiger partial charge < -0.3 is 16.2 Å². The third kappa shape index (κ3) is 12.2. The summed E-state index contributed by atoms with van der Waals surface area (Å²) < 4.78 is 5.57. The van der Waals surface area contributed by atoms with Crippen LogP contribution in [-0.4, -0.2) is 11.8 Å². The number of rotatable bonds is 20. The molecule has 0 saturated carbocycles. The molecule has 4 aromatic rings. The zero-order valence-electron chi connectivity index (χ0n) is 28.6. The van der Waals surface area contributed by atoms with E-state index in [0.29, 0.717) is 34.7 Å². The van der Waals surface area contributed by atoms with Crippen LogP contribution in [0.5, 0.6) is 5.75 Å². The molecule has 0 atom stereocenters. The minimum atomic E-state index is -0.242. The first-order chi connectivity index (χ1) is 23.4. The molecule has 0 bridgehead atoms. The van der Waals surface area contributed by atoms with Crippen molar-refractivity contribution < 1.29 is 14.3 Å². The van der Waals surface area contributed by atoms with Crippen molar-refractivity contribution in [1.82, 2.24) is 0 Å². The number of allylic oxidation sites excluding steroid dienone is 2. The third-order valence-corrected chi connectivity index (χ3v) is 8.63. The second-order valence-corrected chi connectivity index (χ2v) is 12.7. The highest BCUT2D eigenvalue weighted by Crippen LogP contribution is 2.31. The molecular weight excluding hydrogens is 592 g/mol. The molecule has 0 aliphatic heterocycles. The van der Waals surface area contributed by atoms with Crippen LogP contribution in [0, 0.1) is 0 Å². The van der Waals surface area contributed by atoms with E-state index < -0.39 is 0 Å². The predicted octanol–water partition coefficient (Wildman–Crippen LogP) is 11.4. The van der Waals surface area contributed by atoms with E-state index in [1.165, 1.54) is 57.8 Å². The average molecular weight is 645 g/mol. The van der Waals surface area contributed by atoms with Gasteiger partial charge in [-0.25, -0.2) is 0 Å². The van der Waals surface area contributed by atoms with Crippen LogP contribution in [0.1, 0.15) is 113 Å². The number of carbonyl (C=O) groups excluding carboxylic acids is 2. The molecule has 0 heterocycles. The summed E-state index contributed by atoms with van der Waals surface area (Å²) in [6.45, 7) is 2.26. The Labute approximate surface area is 287 Å². The molecule has 0 aromatic heterocycles. The minimum Gasteiger partial charge on any atom is -0.427 e. The van der Waals surface area contributed by atoms with Gasteiger partial charge in [0, 0.05) is 28.9 Å². The summed E-state index contributed by atoms with van der Waals surface area (Å²) in [4.78, 5) is 26.2. The first-order valence-corrected chi connectivity index (χ1v) is 17.8. The number of unbranched alkanes of at least 4 members (excludes halogenated alkanes) is 11. The molecular formula is C43H52N2O3. The lowest BCUT2D eigenvalue weighted by atomic mass is 9.92. The molecule has 0 fully saturated rings. The SMILES string of the molecule is CCCCCCCC/C=C\CCCCCCCC(=O)Oc1ccc(C(=O)c2cc(-c3cccc(N)c3)cc(-c3cccc(N)c3)c2)cc1. The van der Waals surface area contributed by atoms with Gasteiger partial charge in [0.2, 0.25) is 0 Å². The number of hydrogen-bond donors (Lipinski definition) is 2. The van der Waals surface area contributed by atoms with Gasteiger partial charge in [0.05, 0.1) is 0 Å². The second-order valence-electron chi connectivity index (χ2n) is 12.7. The smallest absolute Gasteiger partial charge is 0.311 e. The Morgan fingerprint density at radius 1 is 0.562 bits per heavy atom. The number of ketones is 1. The Balaban J connectivity index is 1.23. The maximum absolute atomic E-state index is 13.7. The van der Waals surface area contributed by atoms with Crippen LogP contribution in [0.15, 0.2) is 103 Å². The van der Waals surface area contributed by atoms with E-state index in [4.69, 9.17) is 16.2 Å². The van der Waals surface area contributed by atoms with Crippen molar-refractivity contribution >= 4 is 23.1 Å². The van der Waals surface area contributed by atoms with Gasteiger partial charge in [-0.2, -0.15) is 0 Å². The van der Waals surface area contributed by atoms with Gasteiger partial charge in [0.15, 0.2) is 5.78 Å². The highest BCUT2D eigenvalue weighted by molar-refractivity contribution is 6.10. The second kappa shape index (κ2) is 19.9. The van der Waals surface area contributed by atoms with Gasteiger partial charge in [-0.05, 0) is 121 Å². The molecule has 0 aliphatic rings. The van der Waals surface area contributed by atoms with Crippen molar-refractivity contribution in [3.8, 4) is 28.0 Å². The van der Waals surface area contributed by atoms with E-state index in [1.54, 1.807) is 24.3 Å². The highest BCUT2D eigenvalue weighted by Gasteiger charge is 2.15. The molecule has 4 N–H and O–H groups in total. The lowest BCUT2D eigenvalue weighted by Gasteiger charge is -2.12. The lowest BCUT2D eigenvalue weighted by molar-refractivity contribution is -0.134. The quantitative estimate of drug-likeness (QED) is 0.0249. The molecule has 0 aliphatic carbocycles. The van der Waals surface area contributed by atoms with E-state index in [-0.39, 0.29) is 11.8 Å². The monoisotopic (exact) mass is 644 g/mol. The van der Waals surface area contributed by atoms with E-state index in [0.717, 1.165) is 47.9 Å². The van der Waals surface area contributed by atoms with Crippen LogP contribution in [0.4, 0.5) is 11.4 Å². The number of nitrogen functional groups attached to an aromatic ring is 2. The summed E-state index contributed by atoms with van der Waals surface area (Å²) in [5.74, 6) is 0.0728. The summed E-state index contributed by atoms with van der Waals surface area (Å²) in [6, 6.07) is 27.8. The Bertz CT molecular complexity index is 1560. The van der Waals surface area contributed by atoms with Gasteiger partial charge in [0.25, 0.3) is 0 Å². The zero-order valence-corrected chi connectivity index (χ0v) is 28.6. The topological polar surface area (TPSA) is 95.4 Å². The predicted molar refractivity (Wildman–Crippen MR) is 201 cm³/mol.